The van der Waals surface area contributed by atoms with Crippen molar-refractivity contribution in [1.29, 1.82) is 0 Å². The van der Waals surface area contributed by atoms with Crippen molar-refractivity contribution in [2.45, 2.75) is 20.0 Å². The van der Waals surface area contributed by atoms with Crippen molar-refractivity contribution in [3.05, 3.63) is 51.5 Å². The maximum atomic E-state index is 12.4. The van der Waals surface area contributed by atoms with Crippen molar-refractivity contribution in [3.8, 4) is 0 Å². The van der Waals surface area contributed by atoms with Crippen molar-refractivity contribution in [2.75, 3.05) is 7.05 Å². The number of carbonyl (C=O) groups is 2. The summed E-state index contributed by atoms with van der Waals surface area (Å²) < 4.78 is 0. The van der Waals surface area contributed by atoms with E-state index in [0.717, 1.165) is 16.1 Å². The normalized spacial score (nSPS) is 10.3. The molecule has 0 atom stereocenters. The number of benzene rings is 1. The van der Waals surface area contributed by atoms with Gasteiger partial charge in [-0.25, -0.2) is 9.78 Å². The van der Waals surface area contributed by atoms with E-state index in [1.165, 1.54) is 0 Å². The minimum Gasteiger partial charge on any atom is -0.352 e. The summed E-state index contributed by atoms with van der Waals surface area (Å²) in [4.78, 5) is 30.0. The highest BCUT2D eigenvalue weighted by Gasteiger charge is 2.14. The molecule has 3 amide bonds. The lowest BCUT2D eigenvalue weighted by Gasteiger charge is -2.17. The van der Waals surface area contributed by atoms with Crippen molar-refractivity contribution in [2.24, 2.45) is 5.73 Å². The summed E-state index contributed by atoms with van der Waals surface area (Å²) >= 11 is 1.55. The van der Waals surface area contributed by atoms with Gasteiger partial charge < -0.3 is 16.0 Å². The number of nitrogens with zero attached hydrogens (tertiary/aromatic N) is 2. The van der Waals surface area contributed by atoms with Gasteiger partial charge in [0.05, 0.1) is 17.7 Å². The third-order valence-corrected chi connectivity index (χ3v) is 4.16. The van der Waals surface area contributed by atoms with E-state index in [1.54, 1.807) is 53.1 Å². The number of nitrogens with one attached hydrogen (secondary N) is 1. The zero-order valence-corrected chi connectivity index (χ0v) is 13.3. The number of hydrogen-bond acceptors (Lipinski definition) is 4. The number of carbonyl (C=O) groups excluding carboxylic acids is 2. The van der Waals surface area contributed by atoms with Crippen LogP contribution in [0.4, 0.5) is 4.79 Å². The Morgan fingerprint density at radius 3 is 2.55 bits per heavy atom. The Morgan fingerprint density at radius 1 is 1.32 bits per heavy atom. The fourth-order valence-electron chi connectivity index (χ4n) is 1.94. The molecule has 0 aliphatic rings. The second kappa shape index (κ2) is 7.04. The van der Waals surface area contributed by atoms with Crippen LogP contribution in [0.3, 0.4) is 0 Å². The van der Waals surface area contributed by atoms with Crippen LogP contribution in [0.1, 0.15) is 26.5 Å². The molecule has 0 bridgehead atoms. The molecule has 7 heteroatoms. The molecule has 2 aromatic rings. The topological polar surface area (TPSA) is 88.3 Å². The highest BCUT2D eigenvalue weighted by atomic mass is 32.1. The van der Waals surface area contributed by atoms with Crippen LogP contribution in [0.15, 0.2) is 29.8 Å². The zero-order valence-electron chi connectivity index (χ0n) is 12.5. The Hall–Kier alpha value is -2.41. The molecule has 0 aliphatic carbocycles. The predicted molar refractivity (Wildman–Crippen MR) is 85.5 cm³/mol. The maximum Gasteiger partial charge on any atom is 0.312 e. The Morgan fingerprint density at radius 2 is 2.00 bits per heavy atom. The van der Waals surface area contributed by atoms with Crippen LogP contribution in [0.25, 0.3) is 0 Å². The van der Waals surface area contributed by atoms with Crippen LogP contribution < -0.4 is 11.1 Å². The number of aromatic nitrogens is 1. The zero-order chi connectivity index (χ0) is 16.1. The van der Waals surface area contributed by atoms with Gasteiger partial charge >= 0.3 is 6.03 Å². The SMILES string of the molecule is Cc1ncsc1CN(C)C(=O)c1ccc(CNC(N)=O)cc1. The minimum absolute atomic E-state index is 0.0535. The Bertz CT molecular complexity index is 666. The molecule has 116 valence electrons. The molecule has 2 rings (SSSR count). The number of amides is 3. The van der Waals surface area contributed by atoms with Gasteiger partial charge in [0.15, 0.2) is 0 Å². The minimum atomic E-state index is -0.570. The fraction of sp³-hybridized carbons (Fsp3) is 0.267. The van der Waals surface area contributed by atoms with Gasteiger partial charge in [-0.2, -0.15) is 0 Å². The van der Waals surface area contributed by atoms with Gasteiger partial charge in [-0.3, -0.25) is 4.79 Å². The average molecular weight is 318 g/mol. The Labute approximate surface area is 133 Å². The first-order valence-electron chi connectivity index (χ1n) is 6.74. The lowest BCUT2D eigenvalue weighted by Crippen LogP contribution is -2.28. The van der Waals surface area contributed by atoms with Gasteiger partial charge in [-0.05, 0) is 24.6 Å². The first kappa shape index (κ1) is 16.0. The van der Waals surface area contributed by atoms with Crippen molar-refractivity contribution in [1.82, 2.24) is 15.2 Å². The van der Waals surface area contributed by atoms with E-state index < -0.39 is 6.03 Å². The van der Waals surface area contributed by atoms with Gasteiger partial charge in [0.2, 0.25) is 0 Å². The van der Waals surface area contributed by atoms with Crippen LogP contribution in [-0.4, -0.2) is 28.9 Å². The van der Waals surface area contributed by atoms with Gasteiger partial charge in [0.25, 0.3) is 5.91 Å². The molecule has 0 saturated heterocycles. The quantitative estimate of drug-likeness (QED) is 0.882. The van der Waals surface area contributed by atoms with Crippen LogP contribution in [0.5, 0.6) is 0 Å². The van der Waals surface area contributed by atoms with Crippen LogP contribution in [-0.2, 0) is 13.1 Å². The summed E-state index contributed by atoms with van der Waals surface area (Å²) in [7, 11) is 1.77. The number of nitrogens with two attached hydrogens (primary N) is 1. The number of urea groups is 1. The van der Waals surface area contributed by atoms with Gasteiger partial charge in [0.1, 0.15) is 0 Å². The molecule has 3 N–H and O–H groups in total. The maximum absolute atomic E-state index is 12.4. The van der Waals surface area contributed by atoms with E-state index in [2.05, 4.69) is 10.3 Å². The van der Waals surface area contributed by atoms with Crippen LogP contribution in [0, 0.1) is 6.92 Å². The third-order valence-electron chi connectivity index (χ3n) is 3.24. The summed E-state index contributed by atoms with van der Waals surface area (Å²) in [6.07, 6.45) is 0. The molecule has 22 heavy (non-hydrogen) atoms. The molecule has 1 aromatic carbocycles. The lowest BCUT2D eigenvalue weighted by atomic mass is 10.1. The van der Waals surface area contributed by atoms with E-state index in [9.17, 15) is 9.59 Å². The number of hydrogen-bond donors (Lipinski definition) is 2. The molecule has 0 radical (unpaired) electrons. The predicted octanol–water partition coefficient (Wildman–Crippen LogP) is 1.89. The lowest BCUT2D eigenvalue weighted by molar-refractivity contribution is 0.0786. The molecule has 0 fully saturated rings. The fourth-order valence-corrected chi connectivity index (χ4v) is 2.77. The van der Waals surface area contributed by atoms with Crippen molar-refractivity contribution in [3.63, 3.8) is 0 Å². The van der Waals surface area contributed by atoms with Crippen molar-refractivity contribution >= 4 is 23.3 Å². The highest BCUT2D eigenvalue weighted by Crippen LogP contribution is 2.16. The molecule has 1 aromatic heterocycles. The summed E-state index contributed by atoms with van der Waals surface area (Å²) in [5.74, 6) is -0.0535. The molecule has 0 saturated carbocycles. The average Bonchev–Trinajstić information content (AvgIpc) is 2.90. The summed E-state index contributed by atoms with van der Waals surface area (Å²) in [5, 5.41) is 2.51. The number of thiazole rings is 1. The molecule has 0 unspecified atom stereocenters. The summed E-state index contributed by atoms with van der Waals surface area (Å²) in [5.41, 5.74) is 9.25. The van der Waals surface area contributed by atoms with Gasteiger partial charge in [0, 0.05) is 24.0 Å². The number of primary amides is 1. The first-order chi connectivity index (χ1) is 10.5. The Balaban J connectivity index is 1.99. The summed E-state index contributed by atoms with van der Waals surface area (Å²) in [6, 6.07) is 6.52. The molecular formula is C15H18N4O2S. The standard InChI is InChI=1S/C15H18N4O2S/c1-10-13(22-9-18-10)8-19(2)14(20)12-5-3-11(4-6-12)7-17-15(16)21/h3-6,9H,7-8H2,1-2H3,(H3,16,17,21). The van der Waals surface area contributed by atoms with E-state index in [-0.39, 0.29) is 5.91 Å². The van der Waals surface area contributed by atoms with Crippen LogP contribution >= 0.6 is 11.3 Å². The monoisotopic (exact) mass is 318 g/mol. The highest BCUT2D eigenvalue weighted by molar-refractivity contribution is 7.09. The van der Waals surface area contributed by atoms with Crippen LogP contribution in [0.2, 0.25) is 0 Å². The smallest absolute Gasteiger partial charge is 0.312 e. The third kappa shape index (κ3) is 4.05. The second-order valence-electron chi connectivity index (χ2n) is 4.94. The van der Waals surface area contributed by atoms with Gasteiger partial charge in [-0.1, -0.05) is 12.1 Å². The first-order valence-corrected chi connectivity index (χ1v) is 7.62. The molecule has 1 heterocycles. The van der Waals surface area contributed by atoms with E-state index >= 15 is 0 Å². The molecular weight excluding hydrogens is 300 g/mol. The van der Waals surface area contributed by atoms with E-state index in [4.69, 9.17) is 5.73 Å². The van der Waals surface area contributed by atoms with Gasteiger partial charge in [-0.15, -0.1) is 11.3 Å². The van der Waals surface area contributed by atoms with E-state index in [0.29, 0.717) is 18.7 Å². The molecule has 0 spiro atoms. The van der Waals surface area contributed by atoms with Crippen molar-refractivity contribution < 1.29 is 9.59 Å². The largest absolute Gasteiger partial charge is 0.352 e. The second-order valence-corrected chi connectivity index (χ2v) is 5.88. The molecule has 0 aliphatic heterocycles. The van der Waals surface area contributed by atoms with E-state index in [1.807, 2.05) is 6.92 Å². The summed E-state index contributed by atoms with van der Waals surface area (Å²) in [6.45, 7) is 2.82. The molecule has 6 nitrogen and oxygen atoms in total. The number of aryl methyl sites for hydroxylation is 1. The number of rotatable bonds is 5. The Kier molecular flexibility index (Phi) is 5.11.